The van der Waals surface area contributed by atoms with E-state index in [2.05, 4.69) is 17.6 Å². The van der Waals surface area contributed by atoms with Crippen molar-refractivity contribution in [3.05, 3.63) is 24.3 Å². The number of amides is 1. The van der Waals surface area contributed by atoms with Crippen molar-refractivity contribution in [2.24, 2.45) is 5.92 Å². The average molecular weight is 363 g/mol. The Morgan fingerprint density at radius 3 is 2.80 bits per heavy atom. The van der Waals surface area contributed by atoms with Crippen LogP contribution in [-0.2, 0) is 4.79 Å². The van der Waals surface area contributed by atoms with Crippen LogP contribution in [0.5, 0.6) is 5.75 Å². The van der Waals surface area contributed by atoms with Gasteiger partial charge in [0.05, 0.1) is 6.61 Å². The predicted molar refractivity (Wildman–Crippen MR) is 107 cm³/mol. The zero-order valence-electron chi connectivity index (χ0n) is 15.2. The van der Waals surface area contributed by atoms with Gasteiger partial charge in [-0.3, -0.25) is 4.79 Å². The van der Waals surface area contributed by atoms with Gasteiger partial charge in [0.2, 0.25) is 5.91 Å². The highest BCUT2D eigenvalue weighted by atomic mass is 32.1. The molecular formula is C20H30N2O2S. The molecule has 1 aromatic carbocycles. The maximum Gasteiger partial charge on any atom is 0.226 e. The summed E-state index contributed by atoms with van der Waals surface area (Å²) in [7, 11) is 0. The molecule has 5 heteroatoms. The first kappa shape index (κ1) is 19.7. The first-order valence-corrected chi connectivity index (χ1v) is 9.92. The van der Waals surface area contributed by atoms with Gasteiger partial charge in [-0.2, -0.15) is 0 Å². The van der Waals surface area contributed by atoms with Gasteiger partial charge in [-0.1, -0.05) is 45.1 Å². The third-order valence-corrected chi connectivity index (χ3v) is 4.76. The summed E-state index contributed by atoms with van der Waals surface area (Å²) in [6.45, 7) is 2.93. The number of ether oxygens (including phenoxy) is 1. The van der Waals surface area contributed by atoms with E-state index in [1.807, 2.05) is 24.3 Å². The third kappa shape index (κ3) is 7.86. The molecule has 2 N–H and O–H groups in total. The fraction of sp³-hybridized carbons (Fsp3) is 0.600. The molecule has 4 nitrogen and oxygen atoms in total. The molecule has 0 aromatic heterocycles. The number of carbonyl (C=O) groups is 1. The summed E-state index contributed by atoms with van der Waals surface area (Å²) in [5.41, 5.74) is 0.831. The largest absolute Gasteiger partial charge is 0.494 e. The van der Waals surface area contributed by atoms with E-state index in [9.17, 15) is 4.79 Å². The lowest BCUT2D eigenvalue weighted by molar-refractivity contribution is -0.120. The summed E-state index contributed by atoms with van der Waals surface area (Å²) in [5.74, 6) is 1.35. The lowest BCUT2D eigenvalue weighted by Crippen LogP contribution is -2.34. The maximum atomic E-state index is 12.0. The second kappa shape index (κ2) is 11.1. The molecular weight excluding hydrogens is 332 g/mol. The molecule has 0 unspecified atom stereocenters. The summed E-state index contributed by atoms with van der Waals surface area (Å²) in [6, 6.07) is 7.69. The van der Waals surface area contributed by atoms with Crippen LogP contribution in [0.2, 0.25) is 0 Å². The highest BCUT2D eigenvalue weighted by molar-refractivity contribution is 7.80. The van der Waals surface area contributed by atoms with Crippen LogP contribution in [0.25, 0.3) is 0 Å². The van der Waals surface area contributed by atoms with Crippen LogP contribution in [0.3, 0.4) is 0 Å². The molecule has 1 aromatic rings. The smallest absolute Gasteiger partial charge is 0.226 e. The van der Waals surface area contributed by atoms with Crippen molar-refractivity contribution in [2.75, 3.05) is 11.9 Å². The minimum absolute atomic E-state index is 0.00716. The molecule has 25 heavy (non-hydrogen) atoms. The van der Waals surface area contributed by atoms with Crippen molar-refractivity contribution < 1.29 is 9.53 Å². The van der Waals surface area contributed by atoms with Gasteiger partial charge < -0.3 is 15.4 Å². The number of carbonyl (C=O) groups excluding carboxylic acids is 1. The molecule has 0 saturated heterocycles. The minimum atomic E-state index is 0.00716. The quantitative estimate of drug-likeness (QED) is 0.477. The summed E-state index contributed by atoms with van der Waals surface area (Å²) in [6.07, 6.45) is 10.1. The number of anilines is 1. The predicted octanol–water partition coefficient (Wildman–Crippen LogP) is 5.04. The van der Waals surface area contributed by atoms with E-state index in [1.165, 1.54) is 32.1 Å². The molecule has 1 aliphatic rings. The molecule has 1 saturated carbocycles. The van der Waals surface area contributed by atoms with Crippen molar-refractivity contribution in [1.29, 1.82) is 0 Å². The van der Waals surface area contributed by atoms with Gasteiger partial charge >= 0.3 is 0 Å². The van der Waals surface area contributed by atoms with Crippen molar-refractivity contribution in [1.82, 2.24) is 5.32 Å². The Morgan fingerprint density at radius 2 is 2.04 bits per heavy atom. The highest BCUT2D eigenvalue weighted by Crippen LogP contribution is 2.27. The molecule has 0 atom stereocenters. The van der Waals surface area contributed by atoms with Gasteiger partial charge in [0.15, 0.2) is 5.11 Å². The van der Waals surface area contributed by atoms with E-state index in [0.717, 1.165) is 37.3 Å². The molecule has 0 spiro atoms. The summed E-state index contributed by atoms with van der Waals surface area (Å²) in [5, 5.41) is 6.20. The second-order valence-corrected chi connectivity index (χ2v) is 7.20. The van der Waals surface area contributed by atoms with Gasteiger partial charge in [0.25, 0.3) is 0 Å². The number of benzene rings is 1. The first-order valence-electron chi connectivity index (χ1n) is 9.51. The zero-order valence-corrected chi connectivity index (χ0v) is 16.0. The summed E-state index contributed by atoms with van der Waals surface area (Å²) < 4.78 is 5.77. The molecule has 1 aliphatic carbocycles. The number of hydrogen-bond donors (Lipinski definition) is 2. The van der Waals surface area contributed by atoms with Crippen LogP contribution >= 0.6 is 12.2 Å². The number of hydrogen-bond acceptors (Lipinski definition) is 3. The molecule has 138 valence electrons. The Balaban J connectivity index is 1.72. The number of unbranched alkanes of at least 4 members (excludes halogenated alkanes) is 3. The van der Waals surface area contributed by atoms with Crippen LogP contribution in [-0.4, -0.2) is 17.6 Å². The minimum Gasteiger partial charge on any atom is -0.494 e. The second-order valence-electron chi connectivity index (χ2n) is 6.79. The lowest BCUT2D eigenvalue weighted by Gasteiger charge is -2.13. The van der Waals surface area contributed by atoms with Gasteiger partial charge in [-0.15, -0.1) is 0 Å². The Hall–Kier alpha value is -1.62. The molecule has 1 fully saturated rings. The normalized spacial score (nSPS) is 14.3. The van der Waals surface area contributed by atoms with Gasteiger partial charge in [-0.25, -0.2) is 0 Å². The van der Waals surface area contributed by atoms with Crippen molar-refractivity contribution in [2.45, 2.75) is 64.7 Å². The van der Waals surface area contributed by atoms with Crippen molar-refractivity contribution in [3.8, 4) is 5.75 Å². The standard InChI is InChI=1S/C20H30N2O2S/c1-2-3-4-7-13-24-18-12-8-11-17(15-18)21-20(25)22-19(23)14-16-9-5-6-10-16/h8,11-12,15-16H,2-7,9-10,13-14H2,1H3,(H2,21,22,23,25). The fourth-order valence-corrected chi connectivity index (χ4v) is 3.43. The molecule has 2 rings (SSSR count). The lowest BCUT2D eigenvalue weighted by atomic mass is 10.0. The van der Waals surface area contributed by atoms with E-state index >= 15 is 0 Å². The Morgan fingerprint density at radius 1 is 1.24 bits per heavy atom. The molecule has 0 aliphatic heterocycles. The maximum absolute atomic E-state index is 12.0. The number of rotatable bonds is 9. The molecule has 1 amide bonds. The van der Waals surface area contributed by atoms with Crippen molar-refractivity contribution in [3.63, 3.8) is 0 Å². The third-order valence-electron chi connectivity index (χ3n) is 4.56. The monoisotopic (exact) mass is 362 g/mol. The van der Waals surface area contributed by atoms with E-state index in [1.54, 1.807) is 0 Å². The Labute approximate surface area is 156 Å². The van der Waals surface area contributed by atoms with Crippen LogP contribution in [0.15, 0.2) is 24.3 Å². The first-order chi connectivity index (χ1) is 12.2. The van der Waals surface area contributed by atoms with Crippen LogP contribution in [0, 0.1) is 5.92 Å². The average Bonchev–Trinajstić information content (AvgIpc) is 3.07. The van der Waals surface area contributed by atoms with E-state index in [-0.39, 0.29) is 5.91 Å². The van der Waals surface area contributed by atoms with Crippen LogP contribution in [0.1, 0.15) is 64.7 Å². The van der Waals surface area contributed by atoms with Gasteiger partial charge in [0.1, 0.15) is 5.75 Å². The highest BCUT2D eigenvalue weighted by Gasteiger charge is 2.18. The molecule has 0 radical (unpaired) electrons. The fourth-order valence-electron chi connectivity index (χ4n) is 3.20. The van der Waals surface area contributed by atoms with Crippen molar-refractivity contribution >= 4 is 28.9 Å². The SMILES string of the molecule is CCCCCCOc1cccc(NC(=S)NC(=O)CC2CCCC2)c1. The Bertz CT molecular complexity index is 556. The van der Waals surface area contributed by atoms with Crippen LogP contribution in [0.4, 0.5) is 5.69 Å². The van der Waals surface area contributed by atoms with E-state index < -0.39 is 0 Å². The van der Waals surface area contributed by atoms with E-state index in [0.29, 0.717) is 17.5 Å². The zero-order chi connectivity index (χ0) is 17.9. The Kier molecular flexibility index (Phi) is 8.73. The summed E-state index contributed by atoms with van der Waals surface area (Å²) in [4.78, 5) is 12.0. The number of nitrogens with one attached hydrogen (secondary N) is 2. The number of thiocarbonyl (C=S) groups is 1. The van der Waals surface area contributed by atoms with E-state index in [4.69, 9.17) is 17.0 Å². The summed E-state index contributed by atoms with van der Waals surface area (Å²) >= 11 is 5.25. The van der Waals surface area contributed by atoms with Gasteiger partial charge in [0, 0.05) is 18.2 Å². The van der Waals surface area contributed by atoms with Crippen LogP contribution < -0.4 is 15.4 Å². The van der Waals surface area contributed by atoms with Gasteiger partial charge in [-0.05, 0) is 49.5 Å². The topological polar surface area (TPSA) is 50.4 Å². The molecule has 0 bridgehead atoms. The molecule has 0 heterocycles.